The summed E-state index contributed by atoms with van der Waals surface area (Å²) in [6.45, 7) is 9.94. The van der Waals surface area contributed by atoms with E-state index in [0.717, 1.165) is 5.57 Å². The molecule has 1 heterocycles. The van der Waals surface area contributed by atoms with E-state index in [1.54, 1.807) is 39.0 Å². The summed E-state index contributed by atoms with van der Waals surface area (Å²) in [5.41, 5.74) is 1.98. The largest absolute Gasteiger partial charge is 0.444 e. The number of ether oxygens (including phenoxy) is 1. The Labute approximate surface area is 124 Å². The van der Waals surface area contributed by atoms with Crippen molar-refractivity contribution in [3.8, 4) is 0 Å². The molecule has 2 N–H and O–H groups in total. The topological polar surface area (TPSA) is 67.4 Å². The molecule has 21 heavy (non-hydrogen) atoms. The minimum Gasteiger partial charge on any atom is -0.444 e. The number of amides is 2. The summed E-state index contributed by atoms with van der Waals surface area (Å²) in [5.74, 6) is -0.156. The van der Waals surface area contributed by atoms with E-state index in [1.807, 2.05) is 0 Å². The molecule has 0 aromatic heterocycles. The molecule has 0 unspecified atom stereocenters. The molecule has 2 amide bonds. The maximum atomic E-state index is 12.0. The molecule has 0 aliphatic carbocycles. The van der Waals surface area contributed by atoms with E-state index in [-0.39, 0.29) is 5.91 Å². The van der Waals surface area contributed by atoms with Crippen molar-refractivity contribution in [1.82, 2.24) is 5.32 Å². The molecule has 0 saturated heterocycles. The average Bonchev–Trinajstić information content (AvgIpc) is 2.48. The summed E-state index contributed by atoms with van der Waals surface area (Å²) in [6, 6.07) is 5.19. The first-order chi connectivity index (χ1) is 9.78. The molecule has 1 aliphatic heterocycles. The molecule has 0 spiro atoms. The standard InChI is InChI=1S/C16H20N2O3/c1-10-8-9-17-14(19)11-6-5-7-12(13(10)11)18-15(20)21-16(2,3)4/h5-7H,1,8-9H2,2-4H3,(H,17,19)(H,18,20). The lowest BCUT2D eigenvalue weighted by molar-refractivity contribution is 0.0635. The van der Waals surface area contributed by atoms with Gasteiger partial charge in [0.2, 0.25) is 0 Å². The van der Waals surface area contributed by atoms with E-state index in [2.05, 4.69) is 17.2 Å². The average molecular weight is 288 g/mol. The fourth-order valence-electron chi connectivity index (χ4n) is 2.19. The molecule has 1 aromatic rings. The highest BCUT2D eigenvalue weighted by molar-refractivity contribution is 6.04. The monoisotopic (exact) mass is 288 g/mol. The van der Waals surface area contributed by atoms with E-state index in [4.69, 9.17) is 4.74 Å². The molecule has 5 heteroatoms. The molecule has 112 valence electrons. The molecule has 0 saturated carbocycles. The number of benzene rings is 1. The first-order valence-electron chi connectivity index (χ1n) is 6.87. The Balaban J connectivity index is 2.33. The summed E-state index contributed by atoms with van der Waals surface area (Å²) in [7, 11) is 0. The van der Waals surface area contributed by atoms with Gasteiger partial charge in [0.15, 0.2) is 0 Å². The molecule has 0 bridgehead atoms. The Kier molecular flexibility index (Phi) is 4.02. The third-order valence-corrected chi connectivity index (χ3v) is 3.01. The predicted molar refractivity (Wildman–Crippen MR) is 82.3 cm³/mol. The van der Waals surface area contributed by atoms with Crippen LogP contribution in [0.15, 0.2) is 24.8 Å². The first kappa shape index (κ1) is 15.1. The number of anilines is 1. The number of carbonyl (C=O) groups excluding carboxylic acids is 2. The molecule has 1 aromatic carbocycles. The van der Waals surface area contributed by atoms with Gasteiger partial charge in [-0.2, -0.15) is 0 Å². The lowest BCUT2D eigenvalue weighted by atomic mass is 9.97. The molecule has 5 nitrogen and oxygen atoms in total. The Morgan fingerprint density at radius 2 is 2.10 bits per heavy atom. The van der Waals surface area contributed by atoms with Crippen LogP contribution < -0.4 is 10.6 Å². The maximum absolute atomic E-state index is 12.0. The lowest BCUT2D eigenvalue weighted by Crippen LogP contribution is -2.27. The Hall–Kier alpha value is -2.30. The number of fused-ring (bicyclic) bond motifs is 1. The highest BCUT2D eigenvalue weighted by Gasteiger charge is 2.22. The van der Waals surface area contributed by atoms with Crippen molar-refractivity contribution in [1.29, 1.82) is 0 Å². The Bertz CT molecular complexity index is 600. The minimum atomic E-state index is -0.579. The third kappa shape index (κ3) is 3.62. The molecule has 0 atom stereocenters. The van der Waals surface area contributed by atoms with Crippen LogP contribution in [0.3, 0.4) is 0 Å². The van der Waals surface area contributed by atoms with Gasteiger partial charge in [-0.05, 0) is 44.9 Å². The summed E-state index contributed by atoms with van der Waals surface area (Å²) in [6.07, 6.45) is 0.0968. The van der Waals surface area contributed by atoms with E-state index in [1.165, 1.54) is 0 Å². The number of nitrogens with one attached hydrogen (secondary N) is 2. The summed E-state index contributed by atoms with van der Waals surface area (Å²) in [4.78, 5) is 23.9. The zero-order valence-corrected chi connectivity index (χ0v) is 12.6. The van der Waals surface area contributed by atoms with Crippen LogP contribution in [0.25, 0.3) is 5.57 Å². The van der Waals surface area contributed by atoms with Gasteiger partial charge in [-0.25, -0.2) is 4.79 Å². The highest BCUT2D eigenvalue weighted by Crippen LogP contribution is 2.30. The maximum Gasteiger partial charge on any atom is 0.412 e. The van der Waals surface area contributed by atoms with E-state index >= 15 is 0 Å². The molecule has 2 rings (SSSR count). The zero-order chi connectivity index (χ0) is 15.6. The van der Waals surface area contributed by atoms with Crippen molar-refractivity contribution < 1.29 is 14.3 Å². The van der Waals surface area contributed by atoms with Crippen LogP contribution in [0, 0.1) is 0 Å². The normalized spacial score (nSPS) is 14.8. The molecule has 0 fully saturated rings. The smallest absolute Gasteiger partial charge is 0.412 e. The van der Waals surface area contributed by atoms with E-state index in [0.29, 0.717) is 29.8 Å². The van der Waals surface area contributed by atoms with Gasteiger partial charge < -0.3 is 10.1 Å². The first-order valence-corrected chi connectivity index (χ1v) is 6.87. The number of hydrogen-bond acceptors (Lipinski definition) is 3. The van der Waals surface area contributed by atoms with E-state index < -0.39 is 11.7 Å². The van der Waals surface area contributed by atoms with Gasteiger partial charge in [0.05, 0.1) is 5.69 Å². The van der Waals surface area contributed by atoms with Crippen molar-refractivity contribution in [2.75, 3.05) is 11.9 Å². The summed E-state index contributed by atoms with van der Waals surface area (Å²) < 4.78 is 5.25. The SMILES string of the molecule is C=C1CCNC(=O)c2cccc(NC(=O)OC(C)(C)C)c21. The second-order valence-electron chi connectivity index (χ2n) is 5.96. The molecule has 1 aliphatic rings. The van der Waals surface area contributed by atoms with Gasteiger partial charge >= 0.3 is 6.09 Å². The van der Waals surface area contributed by atoms with E-state index in [9.17, 15) is 9.59 Å². The van der Waals surface area contributed by atoms with Crippen molar-refractivity contribution in [2.45, 2.75) is 32.8 Å². The van der Waals surface area contributed by atoms with Gasteiger partial charge in [-0.3, -0.25) is 10.1 Å². The zero-order valence-electron chi connectivity index (χ0n) is 12.6. The van der Waals surface area contributed by atoms with Gasteiger partial charge in [0.1, 0.15) is 5.60 Å². The fraction of sp³-hybridized carbons (Fsp3) is 0.375. The number of carbonyl (C=O) groups is 2. The molecular weight excluding hydrogens is 268 g/mol. The summed E-state index contributed by atoms with van der Waals surface area (Å²) >= 11 is 0. The quantitative estimate of drug-likeness (QED) is 0.834. The van der Waals surface area contributed by atoms with Gasteiger partial charge in [-0.1, -0.05) is 12.6 Å². The number of rotatable bonds is 1. The second kappa shape index (κ2) is 5.60. The highest BCUT2D eigenvalue weighted by atomic mass is 16.6. The van der Waals surface area contributed by atoms with Crippen LogP contribution >= 0.6 is 0 Å². The van der Waals surface area contributed by atoms with Crippen LogP contribution in [-0.4, -0.2) is 24.1 Å². The second-order valence-corrected chi connectivity index (χ2v) is 5.96. The molecular formula is C16H20N2O3. The predicted octanol–water partition coefficient (Wildman–Crippen LogP) is 3.18. The lowest BCUT2D eigenvalue weighted by Gasteiger charge is -2.21. The fourth-order valence-corrected chi connectivity index (χ4v) is 2.19. The van der Waals surface area contributed by atoms with Gasteiger partial charge in [-0.15, -0.1) is 0 Å². The summed E-state index contributed by atoms with van der Waals surface area (Å²) in [5, 5.41) is 5.51. The Morgan fingerprint density at radius 3 is 2.76 bits per heavy atom. The van der Waals surface area contributed by atoms with Crippen LogP contribution in [-0.2, 0) is 4.74 Å². The molecule has 0 radical (unpaired) electrons. The van der Waals surface area contributed by atoms with Crippen molar-refractivity contribution in [3.05, 3.63) is 35.9 Å². The minimum absolute atomic E-state index is 0.156. The van der Waals surface area contributed by atoms with Crippen molar-refractivity contribution in [2.24, 2.45) is 0 Å². The van der Waals surface area contributed by atoms with Gasteiger partial charge in [0, 0.05) is 17.7 Å². The van der Waals surface area contributed by atoms with Crippen LogP contribution in [0.4, 0.5) is 10.5 Å². The Morgan fingerprint density at radius 1 is 1.38 bits per heavy atom. The van der Waals surface area contributed by atoms with Crippen LogP contribution in [0.5, 0.6) is 0 Å². The third-order valence-electron chi connectivity index (χ3n) is 3.01. The number of hydrogen-bond donors (Lipinski definition) is 2. The van der Waals surface area contributed by atoms with Crippen LogP contribution in [0.2, 0.25) is 0 Å². The van der Waals surface area contributed by atoms with Crippen molar-refractivity contribution >= 4 is 23.3 Å². The van der Waals surface area contributed by atoms with Gasteiger partial charge in [0.25, 0.3) is 5.91 Å². The van der Waals surface area contributed by atoms with Crippen molar-refractivity contribution in [3.63, 3.8) is 0 Å². The van der Waals surface area contributed by atoms with Crippen LogP contribution in [0.1, 0.15) is 43.1 Å².